The van der Waals surface area contributed by atoms with Crippen LogP contribution in [-0.2, 0) is 14.3 Å². The molecule has 76 heavy (non-hydrogen) atoms. The molecule has 1 heterocycles. The number of allylic oxidation sites excluding steroid dienone is 21. The van der Waals surface area contributed by atoms with Gasteiger partial charge in [0.2, 0.25) is 5.91 Å². The van der Waals surface area contributed by atoms with E-state index in [0.717, 1.165) is 96.3 Å². The molecule has 432 valence electrons. The number of amides is 1. The van der Waals surface area contributed by atoms with Crippen molar-refractivity contribution in [2.45, 2.75) is 269 Å². The van der Waals surface area contributed by atoms with Crippen LogP contribution in [-0.4, -0.2) is 87.5 Å². The molecule has 9 nitrogen and oxygen atoms in total. The first-order valence-electron chi connectivity index (χ1n) is 30.4. The third-order valence-corrected chi connectivity index (χ3v) is 13.5. The molecule has 0 aliphatic carbocycles. The van der Waals surface area contributed by atoms with Crippen molar-refractivity contribution in [3.63, 3.8) is 0 Å². The smallest absolute Gasteiger partial charge is 0.220 e. The topological polar surface area (TPSA) is 149 Å². The molecular weight excluding hydrogens is 947 g/mol. The maximum absolute atomic E-state index is 13.1. The SMILES string of the molecule is CC/C=C\C/C=C\C/C=C\C/C=C\C/C=C\C/C=C\C/C=C\C/C=C\C/C=C\CCCCCC(=O)NC(COC1OC(CO)C(O)C(O)C1O)C(O)/C=C/CC/C=C/CCCCCCCCCCCCCCCCCC. The molecule has 7 atom stereocenters. The monoisotopic (exact) mass is 1060 g/mol. The zero-order valence-corrected chi connectivity index (χ0v) is 48.0. The quantitative estimate of drug-likeness (QED) is 0.0261. The Morgan fingerprint density at radius 3 is 1.26 bits per heavy atom. The summed E-state index contributed by atoms with van der Waals surface area (Å²) in [6, 6.07) is -0.851. The standard InChI is InChI=1S/C67H111NO8/c1-3-5-7-9-11-13-15-17-19-21-23-25-27-28-29-30-31-32-33-34-35-37-39-41-43-45-47-49-51-53-55-57-63(71)68-60(59-75-67-66(74)65(73)64(72)62(58-69)76-67)61(70)56-54-52-50-48-46-44-42-40-38-36-26-24-22-20-18-16-14-12-10-8-6-4-2/h5,7,11,13,17,19,23,25,28-29,31-32,34-35,39,41,45-48,54,56,60-62,64-67,69-70,72-74H,3-4,6,8-10,12,14-16,18,20-22,24,26-27,30,33,36-38,40,42-44,49-53,55,57-59H2,1-2H3,(H,68,71)/b7-5-,13-11-,19-17-,25-23-,29-28-,32-31-,35-34-,41-39-,47-45-,48-46+,56-54+. The highest BCUT2D eigenvalue weighted by atomic mass is 16.7. The normalized spacial score (nSPS) is 19.8. The van der Waals surface area contributed by atoms with E-state index in [-0.39, 0.29) is 18.9 Å². The Labute approximate surface area is 464 Å². The summed E-state index contributed by atoms with van der Waals surface area (Å²) >= 11 is 0. The molecule has 9 heteroatoms. The van der Waals surface area contributed by atoms with Gasteiger partial charge in [0, 0.05) is 6.42 Å². The van der Waals surface area contributed by atoms with Crippen LogP contribution in [0.1, 0.15) is 226 Å². The molecule has 7 unspecified atom stereocenters. The van der Waals surface area contributed by atoms with Crippen molar-refractivity contribution in [1.29, 1.82) is 0 Å². The Kier molecular flexibility index (Phi) is 50.6. The van der Waals surface area contributed by atoms with Crippen LogP contribution in [0.2, 0.25) is 0 Å². The van der Waals surface area contributed by atoms with E-state index in [1.54, 1.807) is 6.08 Å². The van der Waals surface area contributed by atoms with E-state index in [1.165, 1.54) is 103 Å². The summed E-state index contributed by atoms with van der Waals surface area (Å²) in [5.74, 6) is -0.223. The van der Waals surface area contributed by atoms with Crippen molar-refractivity contribution >= 4 is 5.91 Å². The highest BCUT2D eigenvalue weighted by Gasteiger charge is 2.44. The maximum Gasteiger partial charge on any atom is 0.220 e. The fourth-order valence-corrected chi connectivity index (χ4v) is 8.69. The summed E-state index contributed by atoms with van der Waals surface area (Å²) in [5.41, 5.74) is 0. The summed E-state index contributed by atoms with van der Waals surface area (Å²) in [5, 5.41) is 54.5. The molecule has 0 saturated carbocycles. The summed E-state index contributed by atoms with van der Waals surface area (Å²) in [6.45, 7) is 3.63. The van der Waals surface area contributed by atoms with Crippen molar-refractivity contribution in [2.24, 2.45) is 0 Å². The van der Waals surface area contributed by atoms with Gasteiger partial charge in [0.15, 0.2) is 6.29 Å². The largest absolute Gasteiger partial charge is 0.394 e. The maximum atomic E-state index is 13.1. The lowest BCUT2D eigenvalue weighted by Crippen LogP contribution is -2.60. The molecule has 0 aromatic heterocycles. The number of carbonyl (C=O) groups excluding carboxylic acids is 1. The van der Waals surface area contributed by atoms with Crippen LogP contribution in [0.15, 0.2) is 134 Å². The Morgan fingerprint density at radius 1 is 0.461 bits per heavy atom. The van der Waals surface area contributed by atoms with Crippen molar-refractivity contribution in [2.75, 3.05) is 13.2 Å². The molecule has 0 spiro atoms. The molecule has 1 rings (SSSR count). The molecule has 0 bridgehead atoms. The number of aliphatic hydroxyl groups is 5. The lowest BCUT2D eigenvalue weighted by atomic mass is 9.99. The van der Waals surface area contributed by atoms with Crippen LogP contribution in [0.4, 0.5) is 0 Å². The second-order valence-electron chi connectivity index (χ2n) is 20.4. The number of hydrogen-bond acceptors (Lipinski definition) is 8. The van der Waals surface area contributed by atoms with Gasteiger partial charge in [-0.3, -0.25) is 4.79 Å². The summed E-state index contributed by atoms with van der Waals surface area (Å²) in [6.07, 6.45) is 76.6. The number of aliphatic hydroxyl groups excluding tert-OH is 5. The first-order valence-corrected chi connectivity index (χ1v) is 30.4. The van der Waals surface area contributed by atoms with E-state index in [1.807, 2.05) is 6.08 Å². The Bertz CT molecular complexity index is 1650. The Balaban J connectivity index is 2.29. The lowest BCUT2D eigenvalue weighted by molar-refractivity contribution is -0.302. The van der Waals surface area contributed by atoms with E-state index in [2.05, 4.69) is 141 Å². The van der Waals surface area contributed by atoms with E-state index in [0.29, 0.717) is 6.42 Å². The predicted molar refractivity (Wildman–Crippen MR) is 322 cm³/mol. The molecule has 1 fully saturated rings. The van der Waals surface area contributed by atoms with Gasteiger partial charge in [-0.1, -0.05) is 250 Å². The molecule has 0 aromatic carbocycles. The first-order chi connectivity index (χ1) is 37.3. The van der Waals surface area contributed by atoms with Crippen molar-refractivity contribution in [3.8, 4) is 0 Å². The van der Waals surface area contributed by atoms with E-state index in [9.17, 15) is 30.3 Å². The zero-order chi connectivity index (χ0) is 55.0. The minimum atomic E-state index is -1.59. The average molecular weight is 1060 g/mol. The highest BCUT2D eigenvalue weighted by Crippen LogP contribution is 2.23. The van der Waals surface area contributed by atoms with Crippen LogP contribution < -0.4 is 5.32 Å². The van der Waals surface area contributed by atoms with E-state index < -0.39 is 49.5 Å². The van der Waals surface area contributed by atoms with Crippen LogP contribution in [0.3, 0.4) is 0 Å². The lowest BCUT2D eigenvalue weighted by Gasteiger charge is -2.40. The van der Waals surface area contributed by atoms with Crippen molar-refractivity contribution in [3.05, 3.63) is 134 Å². The molecule has 1 amide bonds. The van der Waals surface area contributed by atoms with Gasteiger partial charge in [-0.25, -0.2) is 0 Å². The second-order valence-corrected chi connectivity index (χ2v) is 20.4. The molecule has 1 saturated heterocycles. The zero-order valence-electron chi connectivity index (χ0n) is 48.0. The minimum absolute atomic E-state index is 0.223. The Morgan fingerprint density at radius 2 is 0.829 bits per heavy atom. The van der Waals surface area contributed by atoms with Gasteiger partial charge >= 0.3 is 0 Å². The van der Waals surface area contributed by atoms with Crippen LogP contribution in [0.25, 0.3) is 0 Å². The summed E-state index contributed by atoms with van der Waals surface area (Å²) in [7, 11) is 0. The number of rotatable bonds is 50. The van der Waals surface area contributed by atoms with Crippen molar-refractivity contribution < 1.29 is 39.8 Å². The molecular formula is C67H111NO8. The van der Waals surface area contributed by atoms with Gasteiger partial charge in [-0.2, -0.15) is 0 Å². The molecule has 1 aliphatic heterocycles. The van der Waals surface area contributed by atoms with E-state index >= 15 is 0 Å². The van der Waals surface area contributed by atoms with Gasteiger partial charge in [0.1, 0.15) is 24.4 Å². The average Bonchev–Trinajstić information content (AvgIpc) is 3.42. The van der Waals surface area contributed by atoms with Crippen LogP contribution >= 0.6 is 0 Å². The fraction of sp³-hybridized carbons (Fsp3) is 0.657. The number of carbonyl (C=O) groups is 1. The molecule has 0 aromatic rings. The third-order valence-electron chi connectivity index (χ3n) is 13.5. The predicted octanol–water partition coefficient (Wildman–Crippen LogP) is 15.7. The van der Waals surface area contributed by atoms with Crippen LogP contribution in [0, 0.1) is 0 Å². The second kappa shape index (κ2) is 54.7. The highest BCUT2D eigenvalue weighted by molar-refractivity contribution is 5.76. The number of unbranched alkanes of at least 4 members (excludes halogenated alkanes) is 20. The van der Waals surface area contributed by atoms with Crippen LogP contribution in [0.5, 0.6) is 0 Å². The Hall–Kier alpha value is -3.67. The first kappa shape index (κ1) is 70.3. The van der Waals surface area contributed by atoms with Gasteiger partial charge in [0.25, 0.3) is 0 Å². The minimum Gasteiger partial charge on any atom is -0.394 e. The van der Waals surface area contributed by atoms with Gasteiger partial charge in [0.05, 0.1) is 25.4 Å². The third kappa shape index (κ3) is 43.3. The molecule has 1 aliphatic rings. The number of nitrogens with one attached hydrogen (secondary N) is 1. The van der Waals surface area contributed by atoms with Gasteiger partial charge in [-0.15, -0.1) is 0 Å². The van der Waals surface area contributed by atoms with E-state index in [4.69, 9.17) is 9.47 Å². The number of ether oxygens (including phenoxy) is 2. The molecule has 0 radical (unpaired) electrons. The number of hydrogen-bond donors (Lipinski definition) is 6. The fourth-order valence-electron chi connectivity index (χ4n) is 8.69. The van der Waals surface area contributed by atoms with Gasteiger partial charge < -0.3 is 40.3 Å². The molecule has 6 N–H and O–H groups in total. The summed E-state index contributed by atoms with van der Waals surface area (Å²) in [4.78, 5) is 13.1. The van der Waals surface area contributed by atoms with Gasteiger partial charge in [-0.05, 0) is 103 Å². The van der Waals surface area contributed by atoms with Crippen molar-refractivity contribution in [1.82, 2.24) is 5.32 Å². The summed E-state index contributed by atoms with van der Waals surface area (Å²) < 4.78 is 11.3.